The fourth-order valence-electron chi connectivity index (χ4n) is 0.962. The minimum atomic E-state index is 1.01. The van der Waals surface area contributed by atoms with Crippen LogP contribution in [0.1, 0.15) is 0 Å². The number of likely N-dealkylation sites (N-methyl/N-ethyl adjacent to an activating group) is 1. The van der Waals surface area contributed by atoms with Gasteiger partial charge in [0.05, 0.1) is 19.0 Å². The average Bonchev–Trinajstić information content (AvgIpc) is 2.33. The van der Waals surface area contributed by atoms with Gasteiger partial charge in [0.25, 0.3) is 0 Å². The third-order valence-electron chi connectivity index (χ3n) is 1.79. The fraction of sp³-hybridized carbons (Fsp3) is 0.833. The maximum absolute atomic E-state index is 2.29. The Morgan fingerprint density at radius 2 is 2.20 bits per heavy atom. The molecule has 2 nitrogen and oxygen atoms in total. The summed E-state index contributed by atoms with van der Waals surface area (Å²) in [7, 11) is 2.24. The van der Waals surface area contributed by atoms with Gasteiger partial charge in [0.1, 0.15) is 0 Å². The first-order chi connectivity index (χ1) is 4.70. The van der Waals surface area contributed by atoms with Crippen LogP contribution in [-0.4, -0.2) is 46.9 Å². The monoisotopic (exact) mass is 178 g/mol. The van der Waals surface area contributed by atoms with Gasteiger partial charge in [0, 0.05) is 12.5 Å². The molecule has 0 aromatic heterocycles. The van der Waals surface area contributed by atoms with Crippen molar-refractivity contribution in [3.63, 3.8) is 0 Å². The van der Waals surface area contributed by atoms with Crippen molar-refractivity contribution in [1.82, 2.24) is 0 Å². The first-order valence-electron chi connectivity index (χ1n) is 3.28. The Hall–Kier alpha value is 0.330. The molecule has 1 unspecified atom stereocenters. The van der Waals surface area contributed by atoms with Crippen molar-refractivity contribution in [1.29, 1.82) is 0 Å². The molecule has 0 N–H and O–H groups in total. The molecule has 1 rings (SSSR count). The second-order valence-electron chi connectivity index (χ2n) is 2.52. The lowest BCUT2D eigenvalue weighted by molar-refractivity contribution is -0.658. The molecule has 0 fully saturated rings. The number of rotatable bonds is 2. The molecule has 0 radical (unpaired) electrons. The van der Waals surface area contributed by atoms with E-state index in [0.717, 1.165) is 3.89 Å². The second kappa shape index (κ2) is 3.15. The second-order valence-corrected chi connectivity index (χ2v) is 4.55. The third kappa shape index (κ3) is 1.68. The van der Waals surface area contributed by atoms with E-state index in [-0.39, 0.29) is 0 Å². The van der Waals surface area contributed by atoms with Crippen LogP contribution >= 0.6 is 23.9 Å². The lowest BCUT2D eigenvalue weighted by Crippen LogP contribution is -2.32. The Balaban J connectivity index is 2.61. The summed E-state index contributed by atoms with van der Waals surface area (Å²) >= 11 is 3.68. The Morgan fingerprint density at radius 1 is 1.50 bits per heavy atom. The smallest absolute Gasteiger partial charge is 0.178 e. The average molecular weight is 178 g/mol. The van der Waals surface area contributed by atoms with Crippen LogP contribution in [-0.2, 0) is 0 Å². The highest BCUT2D eigenvalue weighted by atomic mass is 32.2. The van der Waals surface area contributed by atoms with Gasteiger partial charge in [-0.15, -0.1) is 3.98 Å². The Kier molecular flexibility index (Phi) is 2.66. The van der Waals surface area contributed by atoms with Gasteiger partial charge in [-0.05, 0) is 0 Å². The summed E-state index contributed by atoms with van der Waals surface area (Å²) in [5.41, 5.74) is 0. The van der Waals surface area contributed by atoms with Crippen molar-refractivity contribution >= 4 is 30.2 Å². The standard InChI is InChI=1S/C6H14N2S2/c1-8(10-3)5-4-7(6-8)9-2/h6H,4-5H2,1-3H3/q+2. The van der Waals surface area contributed by atoms with Crippen molar-refractivity contribution in [3.8, 4) is 0 Å². The zero-order chi connectivity index (χ0) is 7.61. The van der Waals surface area contributed by atoms with Gasteiger partial charge in [-0.3, -0.25) is 0 Å². The molecule has 1 atom stereocenters. The summed E-state index contributed by atoms with van der Waals surface area (Å²) in [5.74, 6) is 0. The summed E-state index contributed by atoms with van der Waals surface area (Å²) < 4.78 is 3.30. The first-order valence-corrected chi connectivity index (χ1v) is 5.64. The third-order valence-corrected chi connectivity index (χ3v) is 3.65. The molecule has 0 amide bonds. The molecule has 0 bridgehead atoms. The lowest BCUT2D eigenvalue weighted by Gasteiger charge is -2.14. The van der Waals surface area contributed by atoms with Crippen LogP contribution in [0.4, 0.5) is 0 Å². The van der Waals surface area contributed by atoms with Gasteiger partial charge >= 0.3 is 6.34 Å². The van der Waals surface area contributed by atoms with E-state index in [4.69, 9.17) is 0 Å². The van der Waals surface area contributed by atoms with Crippen molar-refractivity contribution in [2.75, 3.05) is 32.6 Å². The Bertz CT molecular complexity index is 158. The molecule has 58 valence electrons. The summed E-state index contributed by atoms with van der Waals surface area (Å²) in [4.78, 5) is 0. The maximum atomic E-state index is 2.29. The molecule has 1 aliphatic heterocycles. The Labute approximate surface area is 71.2 Å². The molecule has 0 aliphatic carbocycles. The van der Waals surface area contributed by atoms with Crippen LogP contribution in [0.2, 0.25) is 0 Å². The maximum Gasteiger partial charge on any atom is 0.351 e. The topological polar surface area (TPSA) is 3.01 Å². The summed E-state index contributed by atoms with van der Waals surface area (Å²) in [6.07, 6.45) is 6.54. The molecule has 1 aliphatic rings. The normalized spacial score (nSPS) is 32.5. The molecule has 10 heavy (non-hydrogen) atoms. The highest BCUT2D eigenvalue weighted by Crippen LogP contribution is 2.18. The van der Waals surface area contributed by atoms with E-state index in [1.54, 1.807) is 11.9 Å². The summed E-state index contributed by atoms with van der Waals surface area (Å²) in [6, 6.07) is 0. The molecule has 0 saturated heterocycles. The van der Waals surface area contributed by atoms with E-state index in [1.165, 1.54) is 13.1 Å². The van der Waals surface area contributed by atoms with Crippen molar-refractivity contribution in [3.05, 3.63) is 0 Å². The van der Waals surface area contributed by atoms with Crippen LogP contribution < -0.4 is 0 Å². The predicted octanol–water partition coefficient (Wildman–Crippen LogP) is 1.04. The van der Waals surface area contributed by atoms with E-state index >= 15 is 0 Å². The van der Waals surface area contributed by atoms with Crippen molar-refractivity contribution < 1.29 is 7.87 Å². The lowest BCUT2D eigenvalue weighted by atomic mass is 10.6. The highest BCUT2D eigenvalue weighted by Gasteiger charge is 2.33. The largest absolute Gasteiger partial charge is 0.351 e. The van der Waals surface area contributed by atoms with Crippen LogP contribution in [0.15, 0.2) is 0 Å². The van der Waals surface area contributed by atoms with Gasteiger partial charge in [0.2, 0.25) is 6.54 Å². The molecule has 0 aromatic carbocycles. The van der Waals surface area contributed by atoms with Crippen molar-refractivity contribution in [2.24, 2.45) is 0 Å². The molecular weight excluding hydrogens is 164 g/mol. The quantitative estimate of drug-likeness (QED) is 0.353. The van der Waals surface area contributed by atoms with Gasteiger partial charge < -0.3 is 0 Å². The minimum absolute atomic E-state index is 1.01. The molecule has 4 heteroatoms. The Morgan fingerprint density at radius 3 is 2.50 bits per heavy atom. The van der Waals surface area contributed by atoms with Gasteiger partial charge in [0.15, 0.2) is 18.5 Å². The number of nitrogens with zero attached hydrogens (tertiary/aromatic N) is 2. The fourth-order valence-corrected chi connectivity index (χ4v) is 2.06. The zero-order valence-electron chi connectivity index (χ0n) is 6.70. The molecule has 1 heterocycles. The van der Waals surface area contributed by atoms with Crippen molar-refractivity contribution in [2.45, 2.75) is 0 Å². The van der Waals surface area contributed by atoms with Gasteiger partial charge in [-0.25, -0.2) is 0 Å². The first kappa shape index (κ1) is 8.43. The molecule has 0 aromatic rings. The summed E-state index contributed by atoms with van der Waals surface area (Å²) in [5, 5.41) is 0. The van der Waals surface area contributed by atoms with E-state index in [9.17, 15) is 0 Å². The van der Waals surface area contributed by atoms with Crippen LogP contribution in [0.25, 0.3) is 0 Å². The van der Waals surface area contributed by atoms with E-state index in [2.05, 4.69) is 29.9 Å². The van der Waals surface area contributed by atoms with Crippen LogP contribution in [0, 0.1) is 0 Å². The van der Waals surface area contributed by atoms with Crippen LogP contribution in [0.3, 0.4) is 0 Å². The SMILES string of the molecule is CS[N+]1=C[N+](C)(SC)CC1. The zero-order valence-corrected chi connectivity index (χ0v) is 8.34. The molecule has 0 spiro atoms. The van der Waals surface area contributed by atoms with Crippen LogP contribution in [0.5, 0.6) is 0 Å². The van der Waals surface area contributed by atoms with E-state index < -0.39 is 0 Å². The number of hydrogen-bond donors (Lipinski definition) is 0. The minimum Gasteiger partial charge on any atom is -0.178 e. The number of hydrogen-bond acceptors (Lipinski definition) is 2. The predicted molar refractivity (Wildman–Crippen MR) is 49.3 cm³/mol. The number of quaternary nitrogens is 1. The molecule has 0 saturated carbocycles. The summed E-state index contributed by atoms with van der Waals surface area (Å²) in [6.45, 7) is 2.40. The van der Waals surface area contributed by atoms with E-state index in [1.807, 2.05) is 11.9 Å². The molecular formula is C6H14N2S2+2. The van der Waals surface area contributed by atoms with E-state index in [0.29, 0.717) is 0 Å². The highest BCUT2D eigenvalue weighted by molar-refractivity contribution is 7.93. The van der Waals surface area contributed by atoms with Gasteiger partial charge in [-0.2, -0.15) is 3.89 Å². The van der Waals surface area contributed by atoms with Gasteiger partial charge in [-0.1, -0.05) is 0 Å².